The van der Waals surface area contributed by atoms with Crippen LogP contribution < -0.4 is 5.73 Å². The molecular weight excluding hydrogens is 368 g/mol. The lowest BCUT2D eigenvalue weighted by Gasteiger charge is -2.17. The molecule has 0 saturated heterocycles. The fourth-order valence-electron chi connectivity index (χ4n) is 3.24. The van der Waals surface area contributed by atoms with Crippen LogP contribution >= 0.6 is 0 Å². The first kappa shape index (κ1) is 22.9. The zero-order valence-corrected chi connectivity index (χ0v) is 18.6. The van der Waals surface area contributed by atoms with Crippen molar-refractivity contribution in [2.75, 3.05) is 0 Å². The van der Waals surface area contributed by atoms with Crippen LogP contribution in [0.25, 0.3) is 17.1 Å². The maximum atomic E-state index is 5.95. The van der Waals surface area contributed by atoms with Gasteiger partial charge in [0.2, 0.25) is 0 Å². The highest BCUT2D eigenvalue weighted by atomic mass is 15.3. The molecule has 0 atom stereocenters. The predicted molar refractivity (Wildman–Crippen MR) is 129 cm³/mol. The Kier molecular flexibility index (Phi) is 7.93. The highest BCUT2D eigenvalue weighted by molar-refractivity contribution is 5.75. The van der Waals surface area contributed by atoms with Gasteiger partial charge in [-0.1, -0.05) is 63.1 Å². The van der Waals surface area contributed by atoms with Gasteiger partial charge in [0.1, 0.15) is 5.82 Å². The molecule has 156 valence electrons. The van der Waals surface area contributed by atoms with Gasteiger partial charge >= 0.3 is 0 Å². The first-order valence-electron chi connectivity index (χ1n) is 10.1. The van der Waals surface area contributed by atoms with Crippen LogP contribution in [0.1, 0.15) is 37.7 Å². The Morgan fingerprint density at radius 2 is 1.93 bits per heavy atom. The van der Waals surface area contributed by atoms with E-state index in [9.17, 15) is 0 Å². The number of allylic oxidation sites excluding steroid dienone is 9. The van der Waals surface area contributed by atoms with Crippen molar-refractivity contribution < 1.29 is 0 Å². The Morgan fingerprint density at radius 3 is 2.50 bits per heavy atom. The van der Waals surface area contributed by atoms with Crippen molar-refractivity contribution in [1.82, 2.24) is 14.8 Å². The molecule has 1 heterocycles. The molecule has 0 spiro atoms. The van der Waals surface area contributed by atoms with E-state index in [1.807, 2.05) is 38.2 Å². The number of aryl methyl sites for hydroxylation is 2. The van der Waals surface area contributed by atoms with Gasteiger partial charge in [-0.2, -0.15) is 0 Å². The largest absolute Gasteiger partial charge is 0.402 e. The third-order valence-corrected chi connectivity index (χ3v) is 4.77. The number of rotatable bonds is 9. The van der Waals surface area contributed by atoms with Gasteiger partial charge in [-0.05, 0) is 56.0 Å². The van der Waals surface area contributed by atoms with Gasteiger partial charge in [-0.15, -0.1) is 10.2 Å². The standard InChI is InChI=1S/C26H32N4/c1-8-11-13-22(18(4)5)24(12-9-2)30-25(16-20(7)27)28-29-26(30)23-17-21(10-3)15-14-19(23)6/h8-9,11-15,17H,1,4,7,10,16,27H2,2-3,5-6H3/b12-9-,13-11-,24-22+. The van der Waals surface area contributed by atoms with Crippen molar-refractivity contribution >= 4 is 5.70 Å². The summed E-state index contributed by atoms with van der Waals surface area (Å²) < 4.78 is 2.07. The van der Waals surface area contributed by atoms with Crippen molar-refractivity contribution in [2.24, 2.45) is 5.73 Å². The van der Waals surface area contributed by atoms with E-state index in [0.29, 0.717) is 12.1 Å². The Bertz CT molecular complexity index is 1040. The summed E-state index contributed by atoms with van der Waals surface area (Å²) in [6.07, 6.45) is 11.1. The SMILES string of the molecule is C=C\C=C/C(C(=C)C)=C(/C=C\C)n1c(CC(=C)N)nnc1-c1cc(CC)ccc1C. The number of hydrogen-bond acceptors (Lipinski definition) is 3. The molecule has 4 nitrogen and oxygen atoms in total. The number of benzene rings is 1. The van der Waals surface area contributed by atoms with E-state index in [-0.39, 0.29) is 0 Å². The average Bonchev–Trinajstić information content (AvgIpc) is 3.09. The minimum Gasteiger partial charge on any atom is -0.402 e. The van der Waals surface area contributed by atoms with Crippen LogP contribution in [0.15, 0.2) is 85.2 Å². The average molecular weight is 401 g/mol. The molecule has 0 fully saturated rings. The van der Waals surface area contributed by atoms with Crippen LogP contribution in [0.3, 0.4) is 0 Å². The quantitative estimate of drug-likeness (QED) is 0.530. The smallest absolute Gasteiger partial charge is 0.168 e. The van der Waals surface area contributed by atoms with Crippen LogP contribution in [0.4, 0.5) is 0 Å². The highest BCUT2D eigenvalue weighted by Crippen LogP contribution is 2.31. The summed E-state index contributed by atoms with van der Waals surface area (Å²) in [5.41, 5.74) is 12.8. The third-order valence-electron chi connectivity index (χ3n) is 4.77. The van der Waals surface area contributed by atoms with Crippen LogP contribution in [0.2, 0.25) is 0 Å². The number of nitrogens with two attached hydrogens (primary N) is 1. The van der Waals surface area contributed by atoms with Crippen molar-refractivity contribution in [3.05, 3.63) is 102 Å². The lowest BCUT2D eigenvalue weighted by atomic mass is 10.0. The fraction of sp³-hybridized carbons (Fsp3) is 0.231. The molecule has 1 aromatic heterocycles. The minimum absolute atomic E-state index is 0.426. The third kappa shape index (κ3) is 5.15. The molecule has 2 N–H and O–H groups in total. The monoisotopic (exact) mass is 400 g/mol. The lowest BCUT2D eigenvalue weighted by Crippen LogP contribution is -2.10. The lowest BCUT2D eigenvalue weighted by molar-refractivity contribution is 0.903. The molecule has 0 bridgehead atoms. The highest BCUT2D eigenvalue weighted by Gasteiger charge is 2.20. The Labute approximate surface area is 180 Å². The Morgan fingerprint density at radius 1 is 1.20 bits per heavy atom. The predicted octanol–water partition coefficient (Wildman–Crippen LogP) is 5.94. The van der Waals surface area contributed by atoms with E-state index >= 15 is 0 Å². The second kappa shape index (κ2) is 10.4. The summed E-state index contributed by atoms with van der Waals surface area (Å²) in [6, 6.07) is 6.46. The summed E-state index contributed by atoms with van der Waals surface area (Å²) >= 11 is 0. The van der Waals surface area contributed by atoms with Crippen molar-refractivity contribution in [2.45, 2.75) is 40.5 Å². The van der Waals surface area contributed by atoms with E-state index in [2.05, 4.69) is 66.5 Å². The van der Waals surface area contributed by atoms with E-state index in [1.54, 1.807) is 6.08 Å². The molecule has 0 aliphatic rings. The van der Waals surface area contributed by atoms with E-state index in [1.165, 1.54) is 5.56 Å². The van der Waals surface area contributed by atoms with Crippen molar-refractivity contribution in [1.29, 1.82) is 0 Å². The summed E-state index contributed by atoms with van der Waals surface area (Å²) in [5, 5.41) is 9.06. The summed E-state index contributed by atoms with van der Waals surface area (Å²) in [4.78, 5) is 0. The summed E-state index contributed by atoms with van der Waals surface area (Å²) in [5.74, 6) is 1.51. The molecule has 0 aliphatic carbocycles. The van der Waals surface area contributed by atoms with Gasteiger partial charge < -0.3 is 5.73 Å². The molecule has 0 amide bonds. The van der Waals surface area contributed by atoms with Gasteiger partial charge in [0, 0.05) is 23.3 Å². The normalized spacial score (nSPS) is 12.4. The van der Waals surface area contributed by atoms with Gasteiger partial charge in [0.15, 0.2) is 5.82 Å². The maximum absolute atomic E-state index is 5.95. The molecule has 2 rings (SSSR count). The molecule has 0 unspecified atom stereocenters. The minimum atomic E-state index is 0.426. The van der Waals surface area contributed by atoms with Gasteiger partial charge in [0.25, 0.3) is 0 Å². The molecule has 2 aromatic rings. The van der Waals surface area contributed by atoms with Crippen molar-refractivity contribution in [3.8, 4) is 11.4 Å². The first-order valence-corrected chi connectivity index (χ1v) is 10.1. The van der Waals surface area contributed by atoms with E-state index in [4.69, 9.17) is 5.73 Å². The second-order valence-corrected chi connectivity index (χ2v) is 7.29. The summed E-state index contributed by atoms with van der Waals surface area (Å²) in [6.45, 7) is 20.1. The van der Waals surface area contributed by atoms with Crippen LogP contribution in [-0.4, -0.2) is 14.8 Å². The molecule has 0 aliphatic heterocycles. The number of hydrogen-bond donors (Lipinski definition) is 1. The zero-order valence-electron chi connectivity index (χ0n) is 18.6. The molecule has 0 saturated carbocycles. The van der Waals surface area contributed by atoms with Gasteiger partial charge in [-0.3, -0.25) is 4.57 Å². The molecule has 30 heavy (non-hydrogen) atoms. The number of nitrogens with zero attached hydrogens (tertiary/aromatic N) is 3. The Balaban J connectivity index is 2.94. The summed E-state index contributed by atoms with van der Waals surface area (Å²) in [7, 11) is 0. The maximum Gasteiger partial charge on any atom is 0.168 e. The van der Waals surface area contributed by atoms with Crippen LogP contribution in [-0.2, 0) is 12.8 Å². The van der Waals surface area contributed by atoms with E-state index in [0.717, 1.165) is 46.0 Å². The zero-order chi connectivity index (χ0) is 22.3. The van der Waals surface area contributed by atoms with Crippen LogP contribution in [0, 0.1) is 6.92 Å². The Hall–Kier alpha value is -3.40. The van der Waals surface area contributed by atoms with Gasteiger partial charge in [0.05, 0.1) is 5.70 Å². The topological polar surface area (TPSA) is 56.7 Å². The second-order valence-electron chi connectivity index (χ2n) is 7.29. The van der Waals surface area contributed by atoms with Gasteiger partial charge in [-0.25, -0.2) is 0 Å². The number of aromatic nitrogens is 3. The van der Waals surface area contributed by atoms with E-state index < -0.39 is 0 Å². The van der Waals surface area contributed by atoms with Crippen molar-refractivity contribution in [3.63, 3.8) is 0 Å². The molecule has 0 radical (unpaired) electrons. The fourth-order valence-corrected chi connectivity index (χ4v) is 3.24. The molecular formula is C26H32N4. The molecule has 1 aromatic carbocycles. The molecule has 4 heteroatoms. The first-order chi connectivity index (χ1) is 14.3. The van der Waals surface area contributed by atoms with Crippen LogP contribution in [0.5, 0.6) is 0 Å².